The van der Waals surface area contributed by atoms with Crippen LogP contribution in [0.1, 0.15) is 40.8 Å². The van der Waals surface area contributed by atoms with Crippen molar-refractivity contribution in [3.05, 3.63) is 105 Å². The smallest absolute Gasteiger partial charge is 0.301 e. The average molecular weight is 635 g/mol. The Balaban J connectivity index is 1.38. The van der Waals surface area contributed by atoms with Gasteiger partial charge in [0.1, 0.15) is 17.6 Å². The van der Waals surface area contributed by atoms with E-state index >= 15 is 0 Å². The van der Waals surface area contributed by atoms with Crippen LogP contribution in [0.2, 0.25) is 0 Å². The number of rotatable bonds is 6. The summed E-state index contributed by atoms with van der Waals surface area (Å²) in [5, 5.41) is 20.4. The molecule has 2 unspecified atom stereocenters. The number of benzene rings is 3. The van der Waals surface area contributed by atoms with E-state index in [2.05, 4.69) is 50.4 Å². The Labute approximate surface area is 248 Å². The molecule has 0 bridgehead atoms. The van der Waals surface area contributed by atoms with Gasteiger partial charge in [0.15, 0.2) is 4.34 Å². The van der Waals surface area contributed by atoms with Crippen molar-refractivity contribution in [1.29, 1.82) is 0 Å². The van der Waals surface area contributed by atoms with E-state index in [0.717, 1.165) is 21.3 Å². The molecule has 6 rings (SSSR count). The minimum atomic E-state index is -0.862. The van der Waals surface area contributed by atoms with Gasteiger partial charge in [0.05, 0.1) is 11.6 Å². The predicted molar refractivity (Wildman–Crippen MR) is 160 cm³/mol. The van der Waals surface area contributed by atoms with Crippen LogP contribution < -0.4 is 9.64 Å². The number of aliphatic hydroxyl groups excluding tert-OH is 1. The van der Waals surface area contributed by atoms with Gasteiger partial charge in [-0.15, -0.1) is 10.2 Å². The highest BCUT2D eigenvalue weighted by Crippen LogP contribution is 2.44. The first kappa shape index (κ1) is 26.7. The number of thioether (sulfide) groups is 1. The fourth-order valence-electron chi connectivity index (χ4n) is 4.90. The molecule has 1 N–H and O–H groups in total. The highest BCUT2D eigenvalue weighted by Gasteiger charge is 2.48. The number of anilines is 1. The van der Waals surface area contributed by atoms with Gasteiger partial charge >= 0.3 is 5.91 Å². The van der Waals surface area contributed by atoms with Gasteiger partial charge in [0.2, 0.25) is 5.13 Å². The molecule has 0 aliphatic carbocycles. The highest BCUT2D eigenvalue weighted by atomic mass is 79.9. The molecule has 4 aromatic rings. The molecule has 1 aromatic heterocycles. The molecule has 202 valence electrons. The number of carbonyl (C=O) groups is 2. The fourth-order valence-corrected chi connectivity index (χ4v) is 6.99. The van der Waals surface area contributed by atoms with Crippen molar-refractivity contribution >= 4 is 61.6 Å². The van der Waals surface area contributed by atoms with Gasteiger partial charge in [-0.2, -0.15) is 0 Å². The number of amides is 1. The lowest BCUT2D eigenvalue weighted by atomic mass is 9.94. The van der Waals surface area contributed by atoms with Crippen molar-refractivity contribution in [2.75, 3.05) is 4.90 Å². The highest BCUT2D eigenvalue weighted by molar-refractivity contribution is 9.10. The van der Waals surface area contributed by atoms with Gasteiger partial charge < -0.3 is 9.84 Å². The van der Waals surface area contributed by atoms with Crippen LogP contribution in [-0.2, 0) is 21.8 Å². The van der Waals surface area contributed by atoms with Crippen molar-refractivity contribution in [3.63, 3.8) is 0 Å². The molecule has 1 saturated heterocycles. The van der Waals surface area contributed by atoms with Gasteiger partial charge in [-0.3, -0.25) is 14.5 Å². The Bertz CT molecular complexity index is 1650. The van der Waals surface area contributed by atoms with Gasteiger partial charge in [0.25, 0.3) is 5.78 Å². The van der Waals surface area contributed by atoms with Gasteiger partial charge in [0, 0.05) is 22.2 Å². The van der Waals surface area contributed by atoms with Crippen molar-refractivity contribution in [2.24, 2.45) is 0 Å². The zero-order valence-corrected chi connectivity index (χ0v) is 24.8. The fraction of sp³-hybridized carbons (Fsp3) is 0.200. The number of halogens is 1. The average Bonchev–Trinajstić information content (AvgIpc) is 3.63. The molecule has 40 heavy (non-hydrogen) atoms. The summed E-state index contributed by atoms with van der Waals surface area (Å²) in [4.78, 5) is 28.3. The van der Waals surface area contributed by atoms with Crippen molar-refractivity contribution < 1.29 is 19.4 Å². The summed E-state index contributed by atoms with van der Waals surface area (Å²) < 4.78 is 7.32. The number of ketones is 1. The minimum Gasteiger partial charge on any atom is -0.507 e. The van der Waals surface area contributed by atoms with Crippen LogP contribution in [0, 0.1) is 6.92 Å². The topological polar surface area (TPSA) is 92.6 Å². The first-order chi connectivity index (χ1) is 19.3. The first-order valence-electron chi connectivity index (χ1n) is 12.7. The lowest BCUT2D eigenvalue weighted by Gasteiger charge is -2.22. The molecule has 3 aromatic carbocycles. The monoisotopic (exact) mass is 633 g/mol. The molecule has 0 spiro atoms. The molecule has 0 radical (unpaired) electrons. The van der Waals surface area contributed by atoms with E-state index in [4.69, 9.17) is 4.74 Å². The maximum atomic E-state index is 13.5. The number of hydrogen-bond acceptors (Lipinski definition) is 8. The molecule has 3 heterocycles. The summed E-state index contributed by atoms with van der Waals surface area (Å²) in [7, 11) is 0. The van der Waals surface area contributed by atoms with E-state index in [9.17, 15) is 14.7 Å². The van der Waals surface area contributed by atoms with E-state index in [1.807, 2.05) is 44.2 Å². The molecule has 1 amide bonds. The first-order valence-corrected chi connectivity index (χ1v) is 15.3. The molecule has 2 aliphatic rings. The van der Waals surface area contributed by atoms with Crippen LogP contribution in [-0.4, -0.2) is 33.1 Å². The van der Waals surface area contributed by atoms with E-state index in [1.165, 1.54) is 33.6 Å². The number of fused-ring (bicyclic) bond motifs is 1. The number of nitrogens with zero attached hydrogens (tertiary/aromatic N) is 3. The Kier molecular flexibility index (Phi) is 7.24. The van der Waals surface area contributed by atoms with Crippen LogP contribution in [0.3, 0.4) is 0 Å². The minimum absolute atomic E-state index is 0.0169. The molecular formula is C30H24BrN3O4S2. The van der Waals surface area contributed by atoms with Crippen LogP contribution in [0.4, 0.5) is 5.13 Å². The number of aryl methyl sites for hydroxylation is 1. The third kappa shape index (κ3) is 5.07. The Morgan fingerprint density at radius 2 is 1.85 bits per heavy atom. The van der Waals surface area contributed by atoms with Crippen LogP contribution in [0.15, 0.2) is 81.1 Å². The number of ether oxygens (including phenoxy) is 1. The van der Waals surface area contributed by atoms with E-state index in [0.29, 0.717) is 32.8 Å². The normalized spacial score (nSPS) is 19.6. The van der Waals surface area contributed by atoms with E-state index in [1.54, 1.807) is 12.1 Å². The molecule has 1 fully saturated rings. The Morgan fingerprint density at radius 1 is 1.10 bits per heavy atom. The summed E-state index contributed by atoms with van der Waals surface area (Å²) in [6.45, 7) is 4.03. The third-order valence-electron chi connectivity index (χ3n) is 6.88. The molecule has 10 heteroatoms. The molecule has 2 aliphatic heterocycles. The second kappa shape index (κ2) is 10.8. The largest absolute Gasteiger partial charge is 0.507 e. The maximum Gasteiger partial charge on any atom is 0.301 e. The third-order valence-corrected chi connectivity index (χ3v) is 9.54. The lowest BCUT2D eigenvalue weighted by molar-refractivity contribution is -0.132. The van der Waals surface area contributed by atoms with Crippen molar-refractivity contribution in [2.45, 2.75) is 42.5 Å². The second-order valence-corrected chi connectivity index (χ2v) is 12.9. The Hall–Kier alpha value is -3.47. The number of aliphatic hydroxyl groups is 1. The van der Waals surface area contributed by atoms with Gasteiger partial charge in [-0.05, 0) is 60.9 Å². The van der Waals surface area contributed by atoms with Crippen molar-refractivity contribution in [3.8, 4) is 5.75 Å². The SMILES string of the molecule is Cc1ccc(CSc2nnc(N3C(=O)C(=O)/C(=C(/O)c4ccc5c(c4)CC(C)O5)C3c3ccc(Br)cc3)s2)cc1. The van der Waals surface area contributed by atoms with Gasteiger partial charge in [-0.25, -0.2) is 0 Å². The van der Waals surface area contributed by atoms with E-state index in [-0.39, 0.29) is 17.4 Å². The summed E-state index contributed by atoms with van der Waals surface area (Å²) in [5.41, 5.74) is 4.44. The molecule has 2 atom stereocenters. The maximum absolute atomic E-state index is 13.5. The standard InChI is InChI=1S/C30H24BrN3O4S2/c1-16-3-5-18(6-4-16)15-39-30-33-32-29(40-30)34-25(19-7-10-22(31)11-8-19)24(27(36)28(34)37)26(35)20-9-12-23-21(14-20)13-17(2)38-23/h3-12,14,17,25,35H,13,15H2,1-2H3/b26-24+. The van der Waals surface area contributed by atoms with Crippen LogP contribution in [0.25, 0.3) is 5.76 Å². The predicted octanol–water partition coefficient (Wildman–Crippen LogP) is 6.85. The zero-order valence-electron chi connectivity index (χ0n) is 21.6. The second-order valence-electron chi connectivity index (χ2n) is 9.80. The summed E-state index contributed by atoms with van der Waals surface area (Å²) in [6, 6.07) is 20.1. The lowest BCUT2D eigenvalue weighted by Crippen LogP contribution is -2.29. The van der Waals surface area contributed by atoms with Crippen molar-refractivity contribution in [1.82, 2.24) is 10.2 Å². The van der Waals surface area contributed by atoms with Crippen LogP contribution >= 0.6 is 39.0 Å². The molecular weight excluding hydrogens is 610 g/mol. The quantitative estimate of drug-likeness (QED) is 0.0816. The molecule has 7 nitrogen and oxygen atoms in total. The summed E-state index contributed by atoms with van der Waals surface area (Å²) in [6.07, 6.45) is 0.741. The summed E-state index contributed by atoms with van der Waals surface area (Å²) >= 11 is 6.22. The van der Waals surface area contributed by atoms with Gasteiger partial charge in [-0.1, -0.05) is 81.0 Å². The number of aromatic nitrogens is 2. The Morgan fingerprint density at radius 3 is 2.60 bits per heavy atom. The van der Waals surface area contributed by atoms with E-state index < -0.39 is 17.7 Å². The van der Waals surface area contributed by atoms with Crippen LogP contribution in [0.5, 0.6) is 5.75 Å². The number of Topliss-reactive ketones (excluding diaryl/α,β-unsaturated/α-hetero) is 1. The zero-order chi connectivity index (χ0) is 28.0. The summed E-state index contributed by atoms with van der Waals surface area (Å²) in [5.74, 6) is -0.281. The molecule has 0 saturated carbocycles. The number of hydrogen-bond donors (Lipinski definition) is 1. The number of carbonyl (C=O) groups excluding carboxylic acids is 2.